The average Bonchev–Trinajstić information content (AvgIpc) is 2.48. The summed E-state index contributed by atoms with van der Waals surface area (Å²) in [4.78, 5) is 24.0. The highest BCUT2D eigenvalue weighted by Crippen LogP contribution is 2.20. The van der Waals surface area contributed by atoms with E-state index in [0.29, 0.717) is 0 Å². The number of carbonyl (C=O) groups excluding carboxylic acids is 2. The van der Waals surface area contributed by atoms with Crippen molar-refractivity contribution in [2.45, 2.75) is 13.3 Å². The molecule has 1 aromatic rings. The summed E-state index contributed by atoms with van der Waals surface area (Å²) in [6, 6.07) is 0.289. The monoisotopic (exact) mass is 307 g/mol. The van der Waals surface area contributed by atoms with Gasteiger partial charge in [-0.25, -0.2) is 17.6 Å². The summed E-state index contributed by atoms with van der Waals surface area (Å²) in [5.41, 5.74) is -0.932. The molecule has 0 unspecified atom stereocenters. The van der Waals surface area contributed by atoms with Gasteiger partial charge in [-0.2, -0.15) is 0 Å². The second-order valence-electron chi connectivity index (χ2n) is 4.06. The van der Waals surface area contributed by atoms with Crippen LogP contribution in [-0.2, 0) is 9.53 Å². The Kier molecular flexibility index (Phi) is 5.69. The highest BCUT2D eigenvalue weighted by molar-refractivity contribution is 5.94. The Bertz CT molecular complexity index is 563. The van der Waals surface area contributed by atoms with Gasteiger partial charge >= 0.3 is 5.97 Å². The van der Waals surface area contributed by atoms with Gasteiger partial charge in [0.25, 0.3) is 5.91 Å². The van der Waals surface area contributed by atoms with E-state index in [2.05, 4.69) is 4.74 Å². The molecule has 21 heavy (non-hydrogen) atoms. The summed E-state index contributed by atoms with van der Waals surface area (Å²) in [5.74, 6) is -9.12. The van der Waals surface area contributed by atoms with Crippen LogP contribution >= 0.6 is 0 Å². The first-order valence-electron chi connectivity index (χ1n) is 6.02. The van der Waals surface area contributed by atoms with Crippen LogP contribution in [0.25, 0.3) is 0 Å². The van der Waals surface area contributed by atoms with Gasteiger partial charge in [-0.3, -0.25) is 9.59 Å². The van der Waals surface area contributed by atoms with E-state index in [0.717, 1.165) is 12.0 Å². The van der Waals surface area contributed by atoms with Crippen LogP contribution in [0.5, 0.6) is 0 Å². The van der Waals surface area contributed by atoms with Crippen molar-refractivity contribution in [2.24, 2.45) is 0 Å². The topological polar surface area (TPSA) is 46.6 Å². The van der Waals surface area contributed by atoms with Crippen LogP contribution in [0, 0.1) is 23.3 Å². The van der Waals surface area contributed by atoms with Crippen LogP contribution < -0.4 is 0 Å². The SMILES string of the molecule is CCN(CCC(=O)OC)C(=O)c1cc(F)c(F)c(F)c1F. The van der Waals surface area contributed by atoms with Gasteiger partial charge in [-0.1, -0.05) is 0 Å². The van der Waals surface area contributed by atoms with Gasteiger partial charge in [0.15, 0.2) is 23.3 Å². The molecule has 0 aromatic heterocycles. The first-order chi connectivity index (χ1) is 9.83. The smallest absolute Gasteiger partial charge is 0.307 e. The number of hydrogen-bond acceptors (Lipinski definition) is 3. The zero-order valence-corrected chi connectivity index (χ0v) is 11.4. The minimum Gasteiger partial charge on any atom is -0.469 e. The molecule has 1 amide bonds. The molecule has 4 nitrogen and oxygen atoms in total. The molecular weight excluding hydrogens is 294 g/mol. The fraction of sp³-hybridized carbons (Fsp3) is 0.385. The number of ether oxygens (including phenoxy) is 1. The zero-order valence-electron chi connectivity index (χ0n) is 11.4. The maximum Gasteiger partial charge on any atom is 0.307 e. The van der Waals surface area contributed by atoms with Crippen molar-refractivity contribution in [1.29, 1.82) is 0 Å². The first-order valence-corrected chi connectivity index (χ1v) is 6.02. The third-order valence-corrected chi connectivity index (χ3v) is 2.82. The standard InChI is InChI=1S/C13H13F4NO3/c1-3-18(5-4-9(19)21-2)13(20)7-6-8(14)11(16)12(17)10(7)15/h6H,3-5H2,1-2H3. The quantitative estimate of drug-likeness (QED) is 0.363. The lowest BCUT2D eigenvalue weighted by atomic mass is 10.1. The van der Waals surface area contributed by atoms with Crippen molar-refractivity contribution < 1.29 is 31.9 Å². The molecule has 8 heteroatoms. The molecule has 0 N–H and O–H groups in total. The van der Waals surface area contributed by atoms with E-state index in [9.17, 15) is 27.2 Å². The van der Waals surface area contributed by atoms with Crippen LogP contribution in [0.1, 0.15) is 23.7 Å². The minimum absolute atomic E-state index is 0.0654. The van der Waals surface area contributed by atoms with Crippen molar-refractivity contribution in [3.8, 4) is 0 Å². The molecule has 1 rings (SSSR count). The van der Waals surface area contributed by atoms with E-state index >= 15 is 0 Å². The largest absolute Gasteiger partial charge is 0.469 e. The van der Waals surface area contributed by atoms with Crippen LogP contribution in [0.3, 0.4) is 0 Å². The number of halogens is 4. The van der Waals surface area contributed by atoms with Crippen molar-refractivity contribution in [1.82, 2.24) is 4.90 Å². The Labute approximate surface area is 118 Å². The number of carbonyl (C=O) groups is 2. The maximum absolute atomic E-state index is 13.5. The molecule has 0 heterocycles. The molecule has 0 bridgehead atoms. The van der Waals surface area contributed by atoms with Crippen LogP contribution in [0.2, 0.25) is 0 Å². The maximum atomic E-state index is 13.5. The Balaban J connectivity index is 3.03. The fourth-order valence-corrected chi connectivity index (χ4v) is 1.63. The second kappa shape index (κ2) is 7.05. The summed E-state index contributed by atoms with van der Waals surface area (Å²) in [6.45, 7) is 1.47. The zero-order chi connectivity index (χ0) is 16.2. The van der Waals surface area contributed by atoms with E-state index in [1.165, 1.54) is 6.92 Å². The molecule has 1 aromatic carbocycles. The predicted octanol–water partition coefficient (Wildman–Crippen LogP) is 2.27. The Morgan fingerprint density at radius 2 is 1.76 bits per heavy atom. The predicted molar refractivity (Wildman–Crippen MR) is 64.5 cm³/mol. The van der Waals surface area contributed by atoms with E-state index < -0.39 is 40.7 Å². The highest BCUT2D eigenvalue weighted by atomic mass is 19.2. The number of nitrogens with zero attached hydrogens (tertiary/aromatic N) is 1. The van der Waals surface area contributed by atoms with Crippen LogP contribution in [-0.4, -0.2) is 37.0 Å². The van der Waals surface area contributed by atoms with Gasteiger partial charge in [0.1, 0.15) is 0 Å². The van der Waals surface area contributed by atoms with Gasteiger partial charge in [0.05, 0.1) is 19.1 Å². The summed E-state index contributed by atoms with van der Waals surface area (Å²) in [5, 5.41) is 0. The molecule has 0 atom stereocenters. The summed E-state index contributed by atoms with van der Waals surface area (Å²) < 4.78 is 57.0. The number of rotatable bonds is 5. The highest BCUT2D eigenvalue weighted by Gasteiger charge is 2.26. The summed E-state index contributed by atoms with van der Waals surface area (Å²) in [6.07, 6.45) is -0.163. The van der Waals surface area contributed by atoms with Gasteiger partial charge in [0.2, 0.25) is 0 Å². The lowest BCUT2D eigenvalue weighted by Gasteiger charge is -2.20. The molecule has 0 aliphatic carbocycles. The number of amides is 1. The molecule has 116 valence electrons. The van der Waals surface area contributed by atoms with Gasteiger partial charge in [-0.15, -0.1) is 0 Å². The molecule has 0 fully saturated rings. The van der Waals surface area contributed by atoms with Crippen molar-refractivity contribution in [3.05, 3.63) is 34.9 Å². The van der Waals surface area contributed by atoms with E-state index in [1.807, 2.05) is 0 Å². The lowest BCUT2D eigenvalue weighted by Crippen LogP contribution is -2.34. The Morgan fingerprint density at radius 3 is 2.29 bits per heavy atom. The molecule has 0 saturated heterocycles. The summed E-state index contributed by atoms with van der Waals surface area (Å²) >= 11 is 0. The molecule has 0 aliphatic rings. The van der Waals surface area contributed by atoms with Crippen molar-refractivity contribution >= 4 is 11.9 Å². The van der Waals surface area contributed by atoms with E-state index in [-0.39, 0.29) is 25.6 Å². The molecule has 0 aliphatic heterocycles. The number of benzene rings is 1. The van der Waals surface area contributed by atoms with Crippen LogP contribution in [0.4, 0.5) is 17.6 Å². The van der Waals surface area contributed by atoms with Crippen molar-refractivity contribution in [3.63, 3.8) is 0 Å². The minimum atomic E-state index is -2.05. The third-order valence-electron chi connectivity index (χ3n) is 2.82. The first kappa shape index (κ1) is 16.9. The van der Waals surface area contributed by atoms with Gasteiger partial charge in [-0.05, 0) is 13.0 Å². The lowest BCUT2D eigenvalue weighted by molar-refractivity contribution is -0.140. The normalized spacial score (nSPS) is 10.4. The van der Waals surface area contributed by atoms with E-state index in [1.54, 1.807) is 0 Å². The molecule has 0 radical (unpaired) electrons. The van der Waals surface area contributed by atoms with Gasteiger partial charge < -0.3 is 9.64 Å². The molecular formula is C13H13F4NO3. The fourth-order valence-electron chi connectivity index (χ4n) is 1.63. The average molecular weight is 307 g/mol. The van der Waals surface area contributed by atoms with E-state index in [4.69, 9.17) is 0 Å². The van der Waals surface area contributed by atoms with Crippen molar-refractivity contribution in [2.75, 3.05) is 20.2 Å². The number of esters is 1. The van der Waals surface area contributed by atoms with Gasteiger partial charge in [0, 0.05) is 13.1 Å². The number of methoxy groups -OCH3 is 1. The summed E-state index contributed by atoms with van der Waals surface area (Å²) in [7, 11) is 1.16. The number of hydrogen-bond donors (Lipinski definition) is 0. The van der Waals surface area contributed by atoms with Crippen LogP contribution in [0.15, 0.2) is 6.07 Å². The Morgan fingerprint density at radius 1 is 1.14 bits per heavy atom. The molecule has 0 saturated carbocycles. The molecule has 0 spiro atoms. The second-order valence-corrected chi connectivity index (χ2v) is 4.06. The third kappa shape index (κ3) is 3.71. The Hall–Kier alpha value is -2.12.